The first kappa shape index (κ1) is 20.9. The van der Waals surface area contributed by atoms with E-state index in [1.54, 1.807) is 7.11 Å². The summed E-state index contributed by atoms with van der Waals surface area (Å²) in [6, 6.07) is 11.6. The van der Waals surface area contributed by atoms with Crippen molar-refractivity contribution in [2.45, 2.75) is 31.6 Å². The first-order valence-electron chi connectivity index (χ1n) is 8.75. The molecule has 0 aliphatic carbocycles. The molecule has 0 radical (unpaired) electrons. The van der Waals surface area contributed by atoms with E-state index in [0.29, 0.717) is 24.4 Å². The number of sulfonamides is 1. The fourth-order valence-corrected chi connectivity index (χ4v) is 3.82. The third-order valence-corrected chi connectivity index (χ3v) is 5.55. The zero-order chi connectivity index (χ0) is 20.0. The molecule has 0 saturated carbocycles. The summed E-state index contributed by atoms with van der Waals surface area (Å²) in [5.74, 6) is -0.0919. The van der Waals surface area contributed by atoms with E-state index >= 15 is 0 Å². The maximum atomic E-state index is 12.8. The molecular weight excluding hydrogens is 364 g/mol. The first-order chi connectivity index (χ1) is 12.8. The molecule has 27 heavy (non-hydrogen) atoms. The number of nitrogens with one attached hydrogen (secondary N) is 2. The zero-order valence-electron chi connectivity index (χ0n) is 16.1. The number of hydrogen-bond acceptors (Lipinski definition) is 4. The number of ether oxygens (including phenoxy) is 1. The number of rotatable bonds is 8. The highest BCUT2D eigenvalue weighted by atomic mass is 32.2. The predicted octanol–water partition coefficient (Wildman–Crippen LogP) is 3.30. The highest BCUT2D eigenvalue weighted by molar-refractivity contribution is 7.92. The van der Waals surface area contributed by atoms with Gasteiger partial charge < -0.3 is 10.1 Å². The highest BCUT2D eigenvalue weighted by Crippen LogP contribution is 2.29. The molecule has 0 atom stereocenters. The second kappa shape index (κ2) is 9.01. The summed E-state index contributed by atoms with van der Waals surface area (Å²) in [4.78, 5) is 12.1. The van der Waals surface area contributed by atoms with Crippen molar-refractivity contribution in [3.8, 4) is 0 Å². The Bertz CT molecular complexity index is 891. The minimum Gasteiger partial charge on any atom is -0.383 e. The molecule has 0 spiro atoms. The quantitative estimate of drug-likeness (QED) is 0.678. The Hall–Kier alpha value is -2.38. The van der Waals surface area contributed by atoms with Crippen LogP contribution < -0.4 is 10.0 Å². The molecule has 0 fully saturated rings. The van der Waals surface area contributed by atoms with Gasteiger partial charge in [0, 0.05) is 19.2 Å². The number of aryl methyl sites for hydroxylation is 1. The summed E-state index contributed by atoms with van der Waals surface area (Å²) in [6.07, 6.45) is 0. The summed E-state index contributed by atoms with van der Waals surface area (Å²) < 4.78 is 33.2. The molecule has 0 aliphatic heterocycles. The number of carbonyl (C=O) groups is 1. The molecular formula is C20H26N2O4S. The molecule has 2 aromatic rings. The Labute approximate surface area is 161 Å². The van der Waals surface area contributed by atoms with Gasteiger partial charge in [0.05, 0.1) is 17.2 Å². The topological polar surface area (TPSA) is 84.5 Å². The largest absolute Gasteiger partial charge is 0.383 e. The van der Waals surface area contributed by atoms with Gasteiger partial charge in [0.25, 0.3) is 15.9 Å². The highest BCUT2D eigenvalue weighted by Gasteiger charge is 2.19. The fourth-order valence-electron chi connectivity index (χ4n) is 2.66. The van der Waals surface area contributed by atoms with Crippen LogP contribution in [0.4, 0.5) is 5.69 Å². The predicted molar refractivity (Wildman–Crippen MR) is 107 cm³/mol. The van der Waals surface area contributed by atoms with Crippen LogP contribution in [0.3, 0.4) is 0 Å². The minimum atomic E-state index is -3.76. The van der Waals surface area contributed by atoms with E-state index in [-0.39, 0.29) is 16.7 Å². The Morgan fingerprint density at radius 2 is 1.78 bits per heavy atom. The Morgan fingerprint density at radius 1 is 1.11 bits per heavy atom. The van der Waals surface area contributed by atoms with Crippen LogP contribution in [0.2, 0.25) is 0 Å². The monoisotopic (exact) mass is 390 g/mol. The van der Waals surface area contributed by atoms with Crippen molar-refractivity contribution in [2.75, 3.05) is 25.0 Å². The Morgan fingerprint density at radius 3 is 2.37 bits per heavy atom. The smallest absolute Gasteiger partial charge is 0.261 e. The van der Waals surface area contributed by atoms with E-state index in [0.717, 1.165) is 11.1 Å². The van der Waals surface area contributed by atoms with Crippen molar-refractivity contribution in [1.82, 2.24) is 5.32 Å². The molecule has 0 saturated heterocycles. The van der Waals surface area contributed by atoms with Crippen LogP contribution in [0, 0.1) is 6.92 Å². The molecule has 0 unspecified atom stereocenters. The van der Waals surface area contributed by atoms with E-state index in [1.165, 1.54) is 24.3 Å². The number of benzene rings is 2. The van der Waals surface area contributed by atoms with Crippen LogP contribution in [0.5, 0.6) is 0 Å². The van der Waals surface area contributed by atoms with Crippen molar-refractivity contribution in [1.29, 1.82) is 0 Å². The number of para-hydroxylation sites is 1. The average Bonchev–Trinajstić information content (AvgIpc) is 2.63. The molecule has 1 amide bonds. The normalized spacial score (nSPS) is 11.4. The Kier molecular flexibility index (Phi) is 6.98. The first-order valence-corrected chi connectivity index (χ1v) is 10.2. The number of methoxy groups -OCH3 is 1. The average molecular weight is 391 g/mol. The molecule has 7 heteroatoms. The van der Waals surface area contributed by atoms with Crippen molar-refractivity contribution in [2.24, 2.45) is 0 Å². The standard InChI is InChI=1S/C20H26N2O4S/c1-14(2)18-7-5-6-15(3)19(18)22-27(24,25)17-10-8-16(9-11-17)20(23)21-12-13-26-4/h5-11,14,22H,12-13H2,1-4H3,(H,21,23). The SMILES string of the molecule is COCCNC(=O)c1ccc(S(=O)(=O)Nc2c(C)cccc2C(C)C)cc1. The summed E-state index contributed by atoms with van der Waals surface area (Å²) in [6.45, 7) is 6.71. The van der Waals surface area contributed by atoms with Crippen LogP contribution in [-0.2, 0) is 14.8 Å². The molecule has 146 valence electrons. The molecule has 2 N–H and O–H groups in total. The number of amides is 1. The third kappa shape index (κ3) is 5.30. The lowest BCUT2D eigenvalue weighted by Crippen LogP contribution is -2.27. The molecule has 0 aromatic heterocycles. The van der Waals surface area contributed by atoms with E-state index in [9.17, 15) is 13.2 Å². The van der Waals surface area contributed by atoms with Crippen LogP contribution in [-0.4, -0.2) is 34.6 Å². The Balaban J connectivity index is 2.22. The van der Waals surface area contributed by atoms with Crippen molar-refractivity contribution < 1.29 is 17.9 Å². The molecule has 2 aromatic carbocycles. The molecule has 2 rings (SSSR count). The number of anilines is 1. The van der Waals surface area contributed by atoms with Gasteiger partial charge in [-0.05, 0) is 48.2 Å². The van der Waals surface area contributed by atoms with Gasteiger partial charge in [-0.25, -0.2) is 8.42 Å². The van der Waals surface area contributed by atoms with Crippen molar-refractivity contribution in [3.63, 3.8) is 0 Å². The summed E-state index contributed by atoms with van der Waals surface area (Å²) in [5, 5.41) is 2.70. The van der Waals surface area contributed by atoms with Gasteiger partial charge in [0.15, 0.2) is 0 Å². The van der Waals surface area contributed by atoms with Crippen molar-refractivity contribution >= 4 is 21.6 Å². The second-order valence-corrected chi connectivity index (χ2v) is 8.25. The van der Waals surface area contributed by atoms with Gasteiger partial charge in [-0.2, -0.15) is 0 Å². The fraction of sp³-hybridized carbons (Fsp3) is 0.350. The maximum absolute atomic E-state index is 12.8. The molecule has 0 bridgehead atoms. The minimum absolute atomic E-state index is 0.105. The number of carbonyl (C=O) groups excluding carboxylic acids is 1. The van der Waals surface area contributed by atoms with E-state index in [2.05, 4.69) is 10.0 Å². The molecule has 0 aliphatic rings. The van der Waals surface area contributed by atoms with E-state index < -0.39 is 10.0 Å². The van der Waals surface area contributed by atoms with Gasteiger partial charge in [-0.15, -0.1) is 0 Å². The van der Waals surface area contributed by atoms with Gasteiger partial charge in [-0.1, -0.05) is 32.0 Å². The number of hydrogen-bond donors (Lipinski definition) is 2. The summed E-state index contributed by atoms with van der Waals surface area (Å²) >= 11 is 0. The van der Waals surface area contributed by atoms with E-state index in [1.807, 2.05) is 39.0 Å². The lowest BCUT2D eigenvalue weighted by atomic mass is 9.99. The zero-order valence-corrected chi connectivity index (χ0v) is 16.9. The molecule has 6 nitrogen and oxygen atoms in total. The summed E-state index contributed by atoms with van der Waals surface area (Å²) in [5.41, 5.74) is 2.80. The lowest BCUT2D eigenvalue weighted by molar-refractivity contribution is 0.0937. The lowest BCUT2D eigenvalue weighted by Gasteiger charge is -2.17. The van der Waals surface area contributed by atoms with Crippen LogP contribution in [0.1, 0.15) is 41.3 Å². The van der Waals surface area contributed by atoms with Crippen LogP contribution in [0.15, 0.2) is 47.4 Å². The van der Waals surface area contributed by atoms with Gasteiger partial charge in [-0.3, -0.25) is 9.52 Å². The third-order valence-electron chi connectivity index (χ3n) is 4.18. The van der Waals surface area contributed by atoms with Crippen LogP contribution >= 0.6 is 0 Å². The van der Waals surface area contributed by atoms with Gasteiger partial charge in [0.2, 0.25) is 0 Å². The van der Waals surface area contributed by atoms with Crippen LogP contribution in [0.25, 0.3) is 0 Å². The van der Waals surface area contributed by atoms with Gasteiger partial charge >= 0.3 is 0 Å². The molecule has 0 heterocycles. The van der Waals surface area contributed by atoms with Gasteiger partial charge in [0.1, 0.15) is 0 Å². The van der Waals surface area contributed by atoms with Crippen molar-refractivity contribution in [3.05, 3.63) is 59.2 Å². The maximum Gasteiger partial charge on any atom is 0.261 e. The van der Waals surface area contributed by atoms with E-state index in [4.69, 9.17) is 4.74 Å². The summed E-state index contributed by atoms with van der Waals surface area (Å²) in [7, 11) is -2.20. The second-order valence-electron chi connectivity index (χ2n) is 6.57.